The number of phenolic OH excluding ortho intramolecular Hbond substituents is 1. The van der Waals surface area contributed by atoms with Gasteiger partial charge in [0.2, 0.25) is 0 Å². The van der Waals surface area contributed by atoms with E-state index in [1.54, 1.807) is 6.07 Å². The van der Waals surface area contributed by atoms with Gasteiger partial charge in [0.05, 0.1) is 0 Å². The molecular weight excluding hydrogens is 265 g/mol. The van der Waals surface area contributed by atoms with Gasteiger partial charge >= 0.3 is 0 Å². The molecule has 2 N–H and O–H groups in total. The van der Waals surface area contributed by atoms with Crippen LogP contribution in [0.15, 0.2) is 36.4 Å². The van der Waals surface area contributed by atoms with Crippen molar-refractivity contribution in [3.8, 4) is 5.75 Å². The second kappa shape index (κ2) is 5.40. The van der Waals surface area contributed by atoms with E-state index in [2.05, 4.69) is 5.32 Å². The van der Waals surface area contributed by atoms with E-state index in [-0.39, 0.29) is 5.82 Å². The van der Waals surface area contributed by atoms with Crippen LogP contribution in [-0.4, -0.2) is 11.1 Å². The maximum Gasteiger partial charge on any atom is 0.126 e. The normalized spacial score (nSPS) is 20.9. The molecule has 0 heterocycles. The monoisotopic (exact) mass is 285 g/mol. The van der Waals surface area contributed by atoms with E-state index >= 15 is 0 Å². The third kappa shape index (κ3) is 2.60. The van der Waals surface area contributed by atoms with Crippen LogP contribution in [0.4, 0.5) is 10.1 Å². The summed E-state index contributed by atoms with van der Waals surface area (Å²) < 4.78 is 13.7. The lowest BCUT2D eigenvalue weighted by Gasteiger charge is -2.37. The van der Waals surface area contributed by atoms with Crippen LogP contribution in [-0.2, 0) is 0 Å². The summed E-state index contributed by atoms with van der Waals surface area (Å²) in [6, 6.07) is 11.3. The average Bonchev–Trinajstić information content (AvgIpc) is 2.43. The van der Waals surface area contributed by atoms with Gasteiger partial charge in [-0.25, -0.2) is 4.39 Å². The first kappa shape index (κ1) is 13.9. The Balaban J connectivity index is 1.66. The molecule has 1 aliphatic rings. The largest absolute Gasteiger partial charge is 0.507 e. The van der Waals surface area contributed by atoms with Crippen LogP contribution >= 0.6 is 0 Å². The van der Waals surface area contributed by atoms with Crippen LogP contribution in [0.3, 0.4) is 0 Å². The van der Waals surface area contributed by atoms with Crippen molar-refractivity contribution in [1.29, 1.82) is 0 Å². The van der Waals surface area contributed by atoms with Crippen molar-refractivity contribution in [3.63, 3.8) is 0 Å². The maximum atomic E-state index is 13.7. The lowest BCUT2D eigenvalue weighted by Crippen LogP contribution is -2.34. The highest BCUT2D eigenvalue weighted by molar-refractivity contribution is 5.59. The molecular formula is C18H20FNO. The van der Waals surface area contributed by atoms with Gasteiger partial charge in [-0.2, -0.15) is 0 Å². The van der Waals surface area contributed by atoms with Crippen molar-refractivity contribution in [1.82, 2.24) is 0 Å². The Morgan fingerprint density at radius 3 is 2.52 bits per heavy atom. The van der Waals surface area contributed by atoms with E-state index in [0.29, 0.717) is 17.7 Å². The van der Waals surface area contributed by atoms with Gasteiger partial charge in [0.1, 0.15) is 11.6 Å². The summed E-state index contributed by atoms with van der Waals surface area (Å²) >= 11 is 0. The second-order valence-electron chi connectivity index (χ2n) is 5.93. The molecule has 2 nitrogen and oxygen atoms in total. The van der Waals surface area contributed by atoms with E-state index in [0.717, 1.165) is 35.2 Å². The van der Waals surface area contributed by atoms with Gasteiger partial charge < -0.3 is 10.4 Å². The second-order valence-corrected chi connectivity index (χ2v) is 5.93. The standard InChI is InChI=1S/C18H20FNO/c1-11-7-8-17(12(2)18(11)21)20-14-9-13(10-14)15-5-3-4-6-16(15)19/h3-8,13-14,20-21H,9-10H2,1-2H3. The zero-order valence-corrected chi connectivity index (χ0v) is 12.4. The van der Waals surface area contributed by atoms with Crippen molar-refractivity contribution in [2.75, 3.05) is 5.32 Å². The third-order valence-corrected chi connectivity index (χ3v) is 4.48. The van der Waals surface area contributed by atoms with Gasteiger partial charge in [-0.05, 0) is 55.9 Å². The van der Waals surface area contributed by atoms with Gasteiger partial charge in [-0.3, -0.25) is 0 Å². The molecule has 1 fully saturated rings. The van der Waals surface area contributed by atoms with Gasteiger partial charge in [-0.15, -0.1) is 0 Å². The Bertz CT molecular complexity index is 662. The van der Waals surface area contributed by atoms with Crippen molar-refractivity contribution >= 4 is 5.69 Å². The number of aryl methyl sites for hydroxylation is 1. The molecule has 0 bridgehead atoms. The predicted molar refractivity (Wildman–Crippen MR) is 83.4 cm³/mol. The summed E-state index contributed by atoms with van der Waals surface area (Å²) in [5.74, 6) is 0.540. The first-order chi connectivity index (χ1) is 10.1. The van der Waals surface area contributed by atoms with Crippen LogP contribution in [0.1, 0.15) is 35.4 Å². The fraction of sp³-hybridized carbons (Fsp3) is 0.333. The molecule has 0 aliphatic heterocycles. The SMILES string of the molecule is Cc1ccc(NC2CC(c3ccccc3F)C2)c(C)c1O. The molecule has 3 heteroatoms. The predicted octanol–water partition coefficient (Wildman–Crippen LogP) is 4.51. The van der Waals surface area contributed by atoms with Gasteiger partial charge in [0.15, 0.2) is 0 Å². The van der Waals surface area contributed by atoms with Crippen molar-refractivity contribution in [3.05, 3.63) is 58.9 Å². The molecule has 0 spiro atoms. The Morgan fingerprint density at radius 1 is 1.10 bits per heavy atom. The smallest absolute Gasteiger partial charge is 0.126 e. The zero-order chi connectivity index (χ0) is 15.0. The average molecular weight is 285 g/mol. The molecule has 1 saturated carbocycles. The van der Waals surface area contributed by atoms with E-state index in [1.165, 1.54) is 6.07 Å². The molecule has 1 aliphatic carbocycles. The molecule has 0 atom stereocenters. The topological polar surface area (TPSA) is 32.3 Å². The zero-order valence-electron chi connectivity index (χ0n) is 12.4. The molecule has 0 radical (unpaired) electrons. The Morgan fingerprint density at radius 2 is 1.81 bits per heavy atom. The van der Waals surface area contributed by atoms with Crippen molar-refractivity contribution in [2.45, 2.75) is 38.6 Å². The fourth-order valence-corrected chi connectivity index (χ4v) is 3.01. The number of nitrogens with one attached hydrogen (secondary N) is 1. The number of halogens is 1. The van der Waals surface area contributed by atoms with Gasteiger partial charge in [-0.1, -0.05) is 24.3 Å². The van der Waals surface area contributed by atoms with E-state index in [4.69, 9.17) is 0 Å². The summed E-state index contributed by atoms with van der Waals surface area (Å²) in [7, 11) is 0. The van der Waals surface area contributed by atoms with E-state index in [9.17, 15) is 9.50 Å². The molecule has 0 saturated heterocycles. The molecule has 0 aromatic heterocycles. The number of anilines is 1. The minimum Gasteiger partial charge on any atom is -0.507 e. The maximum absolute atomic E-state index is 13.7. The van der Waals surface area contributed by atoms with Crippen LogP contribution in [0.25, 0.3) is 0 Å². The highest BCUT2D eigenvalue weighted by atomic mass is 19.1. The molecule has 0 amide bonds. The molecule has 3 rings (SSSR count). The van der Waals surface area contributed by atoms with Crippen LogP contribution in [0, 0.1) is 19.7 Å². The van der Waals surface area contributed by atoms with Gasteiger partial charge in [0, 0.05) is 17.3 Å². The number of phenols is 1. The van der Waals surface area contributed by atoms with Crippen molar-refractivity contribution < 1.29 is 9.50 Å². The number of benzene rings is 2. The third-order valence-electron chi connectivity index (χ3n) is 4.48. The summed E-state index contributed by atoms with van der Waals surface area (Å²) in [6.45, 7) is 3.81. The first-order valence-corrected chi connectivity index (χ1v) is 7.36. The van der Waals surface area contributed by atoms with Gasteiger partial charge in [0.25, 0.3) is 0 Å². The fourth-order valence-electron chi connectivity index (χ4n) is 3.01. The molecule has 21 heavy (non-hydrogen) atoms. The van der Waals surface area contributed by atoms with Crippen LogP contribution in [0.2, 0.25) is 0 Å². The van der Waals surface area contributed by atoms with E-state index < -0.39 is 0 Å². The lowest BCUT2D eigenvalue weighted by molar-refractivity contribution is 0.363. The number of hydrogen-bond donors (Lipinski definition) is 2. The number of hydrogen-bond acceptors (Lipinski definition) is 2. The number of rotatable bonds is 3. The summed E-state index contributed by atoms with van der Waals surface area (Å²) in [4.78, 5) is 0. The van der Waals surface area contributed by atoms with Crippen LogP contribution < -0.4 is 5.32 Å². The molecule has 110 valence electrons. The van der Waals surface area contributed by atoms with Crippen LogP contribution in [0.5, 0.6) is 5.75 Å². The Hall–Kier alpha value is -2.03. The molecule has 0 unspecified atom stereocenters. The molecule has 2 aromatic carbocycles. The first-order valence-electron chi connectivity index (χ1n) is 7.36. The summed E-state index contributed by atoms with van der Waals surface area (Å²) in [5.41, 5.74) is 3.55. The molecule has 2 aromatic rings. The summed E-state index contributed by atoms with van der Waals surface area (Å²) in [6.07, 6.45) is 1.85. The minimum atomic E-state index is -0.106. The summed E-state index contributed by atoms with van der Waals surface area (Å²) in [5, 5.41) is 13.4. The highest BCUT2D eigenvalue weighted by Crippen LogP contribution is 2.40. The highest BCUT2D eigenvalue weighted by Gasteiger charge is 2.32. The quantitative estimate of drug-likeness (QED) is 0.870. The lowest BCUT2D eigenvalue weighted by atomic mass is 9.75. The number of aromatic hydroxyl groups is 1. The van der Waals surface area contributed by atoms with Crippen molar-refractivity contribution in [2.24, 2.45) is 0 Å². The minimum absolute atomic E-state index is 0.106. The Labute approximate surface area is 124 Å². The van der Waals surface area contributed by atoms with E-state index in [1.807, 2.05) is 38.1 Å². The Kier molecular flexibility index (Phi) is 3.58.